The second-order valence-corrected chi connectivity index (χ2v) is 11.9. The van der Waals surface area contributed by atoms with Gasteiger partial charge in [0.05, 0.1) is 0 Å². The van der Waals surface area contributed by atoms with Crippen LogP contribution in [0.2, 0.25) is 0 Å². The summed E-state index contributed by atoms with van der Waals surface area (Å²) in [5.74, 6) is -0.0662. The molecule has 0 heterocycles. The average Bonchev–Trinajstić information content (AvgIpc) is 3.26. The van der Waals surface area contributed by atoms with E-state index < -0.39 is 17.8 Å². The molecular formula is C33H45N3O6. The first-order valence-electron chi connectivity index (χ1n) is 14.9. The molecule has 3 rings (SSSR count). The molecule has 1 unspecified atom stereocenters. The number of benzene rings is 2. The van der Waals surface area contributed by atoms with E-state index in [1.807, 2.05) is 24.3 Å². The third-order valence-electron chi connectivity index (χ3n) is 7.12. The van der Waals surface area contributed by atoms with E-state index >= 15 is 0 Å². The van der Waals surface area contributed by atoms with Crippen LogP contribution in [0.1, 0.15) is 83.3 Å². The Morgan fingerprint density at radius 2 is 1.40 bits per heavy atom. The minimum absolute atomic E-state index is 0.0248. The van der Waals surface area contributed by atoms with Gasteiger partial charge in [-0.25, -0.2) is 9.59 Å². The van der Waals surface area contributed by atoms with Gasteiger partial charge in [-0.05, 0) is 75.1 Å². The van der Waals surface area contributed by atoms with Crippen LogP contribution in [-0.4, -0.2) is 55.7 Å². The lowest BCUT2D eigenvalue weighted by atomic mass is 9.98. The van der Waals surface area contributed by atoms with Crippen LogP contribution in [0.5, 0.6) is 0 Å². The summed E-state index contributed by atoms with van der Waals surface area (Å²) < 4.78 is 10.8. The Kier molecular flexibility index (Phi) is 12.4. The van der Waals surface area contributed by atoms with Gasteiger partial charge in [-0.2, -0.15) is 0 Å². The molecule has 1 aliphatic rings. The summed E-state index contributed by atoms with van der Waals surface area (Å²) in [4.78, 5) is 48.1. The number of fused-ring (bicyclic) bond motifs is 3. The predicted octanol–water partition coefficient (Wildman–Crippen LogP) is 5.71. The number of hydrogen-bond acceptors (Lipinski definition) is 6. The van der Waals surface area contributed by atoms with Gasteiger partial charge < -0.3 is 30.2 Å². The number of ether oxygens (including phenoxy) is 2. The molecule has 2 aromatic rings. The number of ketones is 1. The van der Waals surface area contributed by atoms with Crippen molar-refractivity contribution in [2.24, 2.45) is 5.92 Å². The number of amides is 3. The first-order valence-corrected chi connectivity index (χ1v) is 14.9. The molecule has 0 bridgehead atoms. The van der Waals surface area contributed by atoms with Crippen LogP contribution < -0.4 is 16.0 Å². The van der Waals surface area contributed by atoms with Crippen LogP contribution in [0, 0.1) is 5.92 Å². The molecule has 0 radical (unpaired) electrons. The standard InChI is InChI=1S/C33H45N3O6/c1-23(37)17-18-24(21-36-32(40)42-33(2,3)4)20-35-30(38)16-6-5-11-19-34-31(39)41-22-29-27-14-9-7-12-25(27)26-13-8-10-15-28(26)29/h7-10,12-15,24,29H,5-6,11,16-22H2,1-4H3,(H,34,39)(H,35,38)(H,36,40). The summed E-state index contributed by atoms with van der Waals surface area (Å²) in [7, 11) is 0. The molecule has 0 aliphatic heterocycles. The van der Waals surface area contributed by atoms with Crippen molar-refractivity contribution in [1.29, 1.82) is 0 Å². The van der Waals surface area contributed by atoms with E-state index in [0.29, 0.717) is 45.3 Å². The minimum Gasteiger partial charge on any atom is -0.449 e. The number of hydrogen-bond donors (Lipinski definition) is 3. The minimum atomic E-state index is -0.599. The molecule has 0 saturated carbocycles. The van der Waals surface area contributed by atoms with E-state index in [0.717, 1.165) is 12.8 Å². The number of Topliss-reactive ketones (excluding diaryl/α,β-unsaturated/α-hetero) is 1. The Morgan fingerprint density at radius 1 is 0.786 bits per heavy atom. The van der Waals surface area contributed by atoms with Crippen LogP contribution in [-0.2, 0) is 19.1 Å². The third-order valence-corrected chi connectivity index (χ3v) is 7.12. The van der Waals surface area contributed by atoms with Gasteiger partial charge in [0.15, 0.2) is 0 Å². The highest BCUT2D eigenvalue weighted by molar-refractivity contribution is 5.79. The van der Waals surface area contributed by atoms with Crippen LogP contribution in [0.25, 0.3) is 11.1 Å². The maximum Gasteiger partial charge on any atom is 0.407 e. The number of carbonyl (C=O) groups is 4. The molecule has 42 heavy (non-hydrogen) atoms. The van der Waals surface area contributed by atoms with Crippen LogP contribution in [0.4, 0.5) is 9.59 Å². The van der Waals surface area contributed by atoms with Gasteiger partial charge in [-0.15, -0.1) is 0 Å². The Hall–Kier alpha value is -3.88. The summed E-state index contributed by atoms with van der Waals surface area (Å²) in [6.45, 7) is 8.32. The zero-order valence-electron chi connectivity index (χ0n) is 25.3. The normalized spacial score (nSPS) is 13.0. The predicted molar refractivity (Wildman–Crippen MR) is 162 cm³/mol. The van der Waals surface area contributed by atoms with Crippen molar-refractivity contribution in [3.05, 3.63) is 59.7 Å². The van der Waals surface area contributed by atoms with Gasteiger partial charge in [0, 0.05) is 38.4 Å². The van der Waals surface area contributed by atoms with Crippen molar-refractivity contribution in [2.45, 2.75) is 77.7 Å². The molecule has 1 atom stereocenters. The fourth-order valence-corrected chi connectivity index (χ4v) is 5.00. The molecule has 1 aliphatic carbocycles. The van der Waals surface area contributed by atoms with Crippen molar-refractivity contribution in [1.82, 2.24) is 16.0 Å². The second-order valence-electron chi connectivity index (χ2n) is 11.9. The number of nitrogens with one attached hydrogen (secondary N) is 3. The Labute approximate surface area is 249 Å². The summed E-state index contributed by atoms with van der Waals surface area (Å²) in [5.41, 5.74) is 4.13. The van der Waals surface area contributed by atoms with Crippen molar-refractivity contribution in [3.63, 3.8) is 0 Å². The summed E-state index contributed by atoms with van der Waals surface area (Å²) in [6, 6.07) is 16.4. The van der Waals surface area contributed by atoms with Gasteiger partial charge in [-0.1, -0.05) is 55.0 Å². The highest BCUT2D eigenvalue weighted by atomic mass is 16.6. The molecule has 9 heteroatoms. The molecule has 9 nitrogen and oxygen atoms in total. The van der Waals surface area contributed by atoms with E-state index in [1.165, 1.54) is 29.2 Å². The topological polar surface area (TPSA) is 123 Å². The molecule has 2 aromatic carbocycles. The second kappa shape index (κ2) is 15.9. The Bertz CT molecular complexity index is 1180. The fraction of sp³-hybridized carbons (Fsp3) is 0.515. The molecule has 0 fully saturated rings. The van der Waals surface area contributed by atoms with E-state index in [2.05, 4.69) is 40.2 Å². The summed E-state index contributed by atoms with van der Waals surface area (Å²) in [6.07, 6.45) is 2.56. The van der Waals surface area contributed by atoms with Gasteiger partial charge in [0.25, 0.3) is 0 Å². The smallest absolute Gasteiger partial charge is 0.407 e. The fourth-order valence-electron chi connectivity index (χ4n) is 5.00. The number of unbranched alkanes of at least 4 members (excludes halogenated alkanes) is 2. The van der Waals surface area contributed by atoms with E-state index in [1.54, 1.807) is 20.8 Å². The van der Waals surface area contributed by atoms with Crippen LogP contribution in [0.15, 0.2) is 48.5 Å². The van der Waals surface area contributed by atoms with Crippen molar-refractivity contribution >= 4 is 23.9 Å². The van der Waals surface area contributed by atoms with Crippen molar-refractivity contribution in [3.8, 4) is 11.1 Å². The number of rotatable bonds is 15. The SMILES string of the molecule is CC(=O)CCC(CNC(=O)CCCCCNC(=O)OCC1c2ccccc2-c2ccccc21)CNC(=O)OC(C)(C)C. The van der Waals surface area contributed by atoms with E-state index in [-0.39, 0.29) is 30.1 Å². The summed E-state index contributed by atoms with van der Waals surface area (Å²) in [5, 5.41) is 8.45. The van der Waals surface area contributed by atoms with Gasteiger partial charge in [0.2, 0.25) is 5.91 Å². The van der Waals surface area contributed by atoms with E-state index in [9.17, 15) is 19.2 Å². The van der Waals surface area contributed by atoms with Gasteiger partial charge in [0.1, 0.15) is 18.0 Å². The third kappa shape index (κ3) is 10.8. The molecule has 0 aromatic heterocycles. The quantitative estimate of drug-likeness (QED) is 0.232. The highest BCUT2D eigenvalue weighted by Gasteiger charge is 2.29. The maximum atomic E-state index is 12.4. The van der Waals surface area contributed by atoms with E-state index in [4.69, 9.17) is 9.47 Å². The number of carbonyl (C=O) groups excluding carboxylic acids is 4. The first-order chi connectivity index (χ1) is 20.0. The lowest BCUT2D eigenvalue weighted by Crippen LogP contribution is -2.39. The summed E-state index contributed by atoms with van der Waals surface area (Å²) >= 11 is 0. The molecule has 228 valence electrons. The lowest BCUT2D eigenvalue weighted by molar-refractivity contribution is -0.121. The molecule has 3 N–H and O–H groups in total. The monoisotopic (exact) mass is 579 g/mol. The van der Waals surface area contributed by atoms with Crippen molar-refractivity contribution < 1.29 is 28.7 Å². The molecule has 3 amide bonds. The van der Waals surface area contributed by atoms with Crippen LogP contribution >= 0.6 is 0 Å². The zero-order chi connectivity index (χ0) is 30.5. The van der Waals surface area contributed by atoms with Crippen molar-refractivity contribution in [2.75, 3.05) is 26.2 Å². The average molecular weight is 580 g/mol. The number of alkyl carbamates (subject to hydrolysis) is 2. The highest BCUT2D eigenvalue weighted by Crippen LogP contribution is 2.44. The first kappa shape index (κ1) is 32.6. The largest absolute Gasteiger partial charge is 0.449 e. The van der Waals surface area contributed by atoms with Crippen LogP contribution in [0.3, 0.4) is 0 Å². The lowest BCUT2D eigenvalue weighted by Gasteiger charge is -2.22. The Balaban J connectivity index is 1.29. The van der Waals surface area contributed by atoms with Gasteiger partial charge in [-0.3, -0.25) is 4.79 Å². The zero-order valence-corrected chi connectivity index (χ0v) is 25.3. The molecule has 0 spiro atoms. The Morgan fingerprint density at radius 3 is 2.02 bits per heavy atom. The molecule has 0 saturated heterocycles. The maximum absolute atomic E-state index is 12.4. The molecular weight excluding hydrogens is 534 g/mol. The van der Waals surface area contributed by atoms with Gasteiger partial charge >= 0.3 is 12.2 Å².